The predicted octanol–water partition coefficient (Wildman–Crippen LogP) is 2.02. The van der Waals surface area contributed by atoms with Crippen molar-refractivity contribution >= 4 is 0 Å². The highest BCUT2D eigenvalue weighted by molar-refractivity contribution is 5.08. The Labute approximate surface area is 85.1 Å². The summed E-state index contributed by atoms with van der Waals surface area (Å²) in [6.45, 7) is 2.65. The van der Waals surface area contributed by atoms with Crippen LogP contribution < -0.4 is 0 Å². The minimum atomic E-state index is -0.0970. The van der Waals surface area contributed by atoms with Gasteiger partial charge in [-0.05, 0) is 25.0 Å². The summed E-state index contributed by atoms with van der Waals surface area (Å²) >= 11 is 0. The van der Waals surface area contributed by atoms with Gasteiger partial charge in [0.2, 0.25) is 0 Å². The molecule has 1 unspecified atom stereocenters. The zero-order chi connectivity index (χ0) is 10.2. The Morgan fingerprint density at radius 2 is 2.36 bits per heavy atom. The Morgan fingerprint density at radius 3 is 2.93 bits per heavy atom. The first-order valence-electron chi connectivity index (χ1n) is 4.90. The summed E-state index contributed by atoms with van der Waals surface area (Å²) in [6, 6.07) is 4.00. The average Bonchev–Trinajstić information content (AvgIpc) is 2.25. The molecular formula is C11H17NO2. The highest BCUT2D eigenvalue weighted by Gasteiger charge is 2.05. The normalized spacial score (nSPS) is 12.7. The van der Waals surface area contributed by atoms with Crippen molar-refractivity contribution in [3.63, 3.8) is 0 Å². The minimum absolute atomic E-state index is 0.0970. The number of hydrogen-bond donors (Lipinski definition) is 0. The molecule has 0 saturated heterocycles. The van der Waals surface area contributed by atoms with Gasteiger partial charge in [0.1, 0.15) is 0 Å². The second-order valence-corrected chi connectivity index (χ2v) is 3.02. The lowest BCUT2D eigenvalue weighted by molar-refractivity contribution is -0.123. The molecule has 3 nitrogen and oxygen atoms in total. The molecule has 0 fully saturated rings. The molecule has 0 aliphatic rings. The van der Waals surface area contributed by atoms with E-state index in [1.807, 2.05) is 19.2 Å². The van der Waals surface area contributed by atoms with Crippen LogP contribution in [0.1, 0.15) is 18.9 Å². The summed E-state index contributed by atoms with van der Waals surface area (Å²) in [5.41, 5.74) is 1.22. The third-order valence-corrected chi connectivity index (χ3v) is 2.01. The van der Waals surface area contributed by atoms with Crippen LogP contribution in [-0.2, 0) is 15.9 Å². The van der Waals surface area contributed by atoms with E-state index in [4.69, 9.17) is 9.47 Å². The van der Waals surface area contributed by atoms with Crippen LogP contribution >= 0.6 is 0 Å². The first kappa shape index (κ1) is 11.1. The van der Waals surface area contributed by atoms with E-state index in [2.05, 4.69) is 11.1 Å². The van der Waals surface area contributed by atoms with Crippen LogP contribution in [0.3, 0.4) is 0 Å². The molecular weight excluding hydrogens is 178 g/mol. The third-order valence-electron chi connectivity index (χ3n) is 2.01. The second-order valence-electron chi connectivity index (χ2n) is 3.02. The lowest BCUT2D eigenvalue weighted by Gasteiger charge is -2.14. The summed E-state index contributed by atoms with van der Waals surface area (Å²) in [5.74, 6) is 0. The Bertz CT molecular complexity index is 238. The first-order valence-corrected chi connectivity index (χ1v) is 4.90. The molecule has 78 valence electrons. The van der Waals surface area contributed by atoms with Gasteiger partial charge in [0, 0.05) is 32.5 Å². The number of ether oxygens (including phenoxy) is 2. The fourth-order valence-electron chi connectivity index (χ4n) is 1.29. The maximum Gasteiger partial charge on any atom is 0.157 e. The van der Waals surface area contributed by atoms with Gasteiger partial charge in [-0.3, -0.25) is 4.98 Å². The molecule has 3 heteroatoms. The standard InChI is InChI=1S/C11H17NO2/c1-3-14-11(13-2)7-6-10-5-4-8-12-9-10/h4-5,8-9,11H,3,6-7H2,1-2H3. The largest absolute Gasteiger partial charge is 0.356 e. The van der Waals surface area contributed by atoms with Crippen molar-refractivity contribution in [3.8, 4) is 0 Å². The van der Waals surface area contributed by atoms with E-state index in [9.17, 15) is 0 Å². The van der Waals surface area contributed by atoms with Gasteiger partial charge in [-0.2, -0.15) is 0 Å². The molecule has 1 aromatic heterocycles. The maximum atomic E-state index is 5.37. The molecule has 0 bridgehead atoms. The molecule has 1 atom stereocenters. The molecule has 0 spiro atoms. The van der Waals surface area contributed by atoms with E-state index in [1.54, 1.807) is 13.3 Å². The van der Waals surface area contributed by atoms with Gasteiger partial charge in [-0.25, -0.2) is 0 Å². The van der Waals surface area contributed by atoms with Gasteiger partial charge in [-0.1, -0.05) is 6.07 Å². The molecule has 0 amide bonds. The maximum absolute atomic E-state index is 5.37. The van der Waals surface area contributed by atoms with Gasteiger partial charge >= 0.3 is 0 Å². The zero-order valence-corrected chi connectivity index (χ0v) is 8.77. The molecule has 0 aliphatic heterocycles. The Kier molecular flexibility index (Phi) is 5.19. The molecule has 0 aliphatic carbocycles. The summed E-state index contributed by atoms with van der Waals surface area (Å²) < 4.78 is 10.5. The summed E-state index contributed by atoms with van der Waals surface area (Å²) in [4.78, 5) is 4.05. The van der Waals surface area contributed by atoms with Crippen LogP contribution in [0.5, 0.6) is 0 Å². The van der Waals surface area contributed by atoms with Crippen molar-refractivity contribution in [3.05, 3.63) is 30.1 Å². The van der Waals surface area contributed by atoms with Crippen LogP contribution in [0.25, 0.3) is 0 Å². The van der Waals surface area contributed by atoms with Crippen LogP contribution in [0.15, 0.2) is 24.5 Å². The summed E-state index contributed by atoms with van der Waals surface area (Å²) in [6.07, 6.45) is 5.36. The molecule has 0 N–H and O–H groups in total. The van der Waals surface area contributed by atoms with Crippen LogP contribution in [0.2, 0.25) is 0 Å². The van der Waals surface area contributed by atoms with Gasteiger partial charge in [0.05, 0.1) is 0 Å². The number of rotatable bonds is 6. The highest BCUT2D eigenvalue weighted by Crippen LogP contribution is 2.06. The Hall–Kier alpha value is -0.930. The molecule has 1 heterocycles. The lowest BCUT2D eigenvalue weighted by atomic mass is 10.1. The monoisotopic (exact) mass is 195 g/mol. The average molecular weight is 195 g/mol. The summed E-state index contributed by atoms with van der Waals surface area (Å²) in [7, 11) is 1.67. The molecule has 1 aromatic rings. The molecule has 0 aromatic carbocycles. The highest BCUT2D eigenvalue weighted by atomic mass is 16.7. The van der Waals surface area contributed by atoms with E-state index < -0.39 is 0 Å². The molecule has 14 heavy (non-hydrogen) atoms. The first-order chi connectivity index (χ1) is 6.86. The second kappa shape index (κ2) is 6.51. The fourth-order valence-corrected chi connectivity index (χ4v) is 1.29. The quantitative estimate of drug-likeness (QED) is 0.651. The van der Waals surface area contributed by atoms with Gasteiger partial charge < -0.3 is 9.47 Å². The van der Waals surface area contributed by atoms with Gasteiger partial charge in [0.15, 0.2) is 6.29 Å². The van der Waals surface area contributed by atoms with Crippen molar-refractivity contribution < 1.29 is 9.47 Å². The van der Waals surface area contributed by atoms with E-state index >= 15 is 0 Å². The number of methoxy groups -OCH3 is 1. The fraction of sp³-hybridized carbons (Fsp3) is 0.545. The van der Waals surface area contributed by atoms with E-state index in [0.29, 0.717) is 6.61 Å². The van der Waals surface area contributed by atoms with Crippen LogP contribution in [-0.4, -0.2) is 25.0 Å². The van der Waals surface area contributed by atoms with Crippen molar-refractivity contribution in [1.82, 2.24) is 4.98 Å². The SMILES string of the molecule is CCOC(CCc1cccnc1)OC. The minimum Gasteiger partial charge on any atom is -0.356 e. The number of nitrogens with zero attached hydrogens (tertiary/aromatic N) is 1. The van der Waals surface area contributed by atoms with Crippen molar-refractivity contribution in [2.75, 3.05) is 13.7 Å². The van der Waals surface area contributed by atoms with Crippen LogP contribution in [0.4, 0.5) is 0 Å². The Balaban J connectivity index is 2.32. The Morgan fingerprint density at radius 1 is 1.50 bits per heavy atom. The van der Waals surface area contributed by atoms with Crippen molar-refractivity contribution in [1.29, 1.82) is 0 Å². The smallest absolute Gasteiger partial charge is 0.157 e. The van der Waals surface area contributed by atoms with E-state index in [-0.39, 0.29) is 6.29 Å². The number of pyridine rings is 1. The third kappa shape index (κ3) is 3.85. The number of aromatic nitrogens is 1. The van der Waals surface area contributed by atoms with Crippen molar-refractivity contribution in [2.24, 2.45) is 0 Å². The molecule has 0 radical (unpaired) electrons. The number of aryl methyl sites for hydroxylation is 1. The molecule has 1 rings (SSSR count). The predicted molar refractivity (Wildman–Crippen MR) is 55.0 cm³/mol. The van der Waals surface area contributed by atoms with Gasteiger partial charge in [-0.15, -0.1) is 0 Å². The van der Waals surface area contributed by atoms with Crippen LogP contribution in [0, 0.1) is 0 Å². The molecule has 0 saturated carbocycles. The number of hydrogen-bond acceptors (Lipinski definition) is 3. The topological polar surface area (TPSA) is 31.4 Å². The summed E-state index contributed by atoms with van der Waals surface area (Å²) in [5, 5.41) is 0. The van der Waals surface area contributed by atoms with E-state index in [0.717, 1.165) is 12.8 Å². The zero-order valence-electron chi connectivity index (χ0n) is 8.77. The van der Waals surface area contributed by atoms with Gasteiger partial charge in [0.25, 0.3) is 0 Å². The lowest BCUT2D eigenvalue weighted by Crippen LogP contribution is -2.16. The van der Waals surface area contributed by atoms with E-state index in [1.165, 1.54) is 5.56 Å². The van der Waals surface area contributed by atoms with Crippen molar-refractivity contribution in [2.45, 2.75) is 26.1 Å².